The number of urea groups is 1. The van der Waals surface area contributed by atoms with Crippen LogP contribution in [0.4, 0.5) is 23.8 Å². The lowest BCUT2D eigenvalue weighted by Crippen LogP contribution is -2.48. The average molecular weight is 384 g/mol. The van der Waals surface area contributed by atoms with E-state index in [1.54, 1.807) is 11.9 Å². The van der Waals surface area contributed by atoms with Crippen molar-refractivity contribution < 1.29 is 18.0 Å². The van der Waals surface area contributed by atoms with E-state index in [-0.39, 0.29) is 6.03 Å². The SMILES string of the molecule is CN(CC1CCN(C(=O)NC2CCCC2)CC1)c1cc(C(F)(F)F)ccn1. The fourth-order valence-corrected chi connectivity index (χ4v) is 3.94. The molecule has 8 heteroatoms. The maximum Gasteiger partial charge on any atom is 0.416 e. The molecule has 150 valence electrons. The van der Waals surface area contributed by atoms with Crippen molar-refractivity contribution in [3.63, 3.8) is 0 Å². The van der Waals surface area contributed by atoms with Crippen molar-refractivity contribution in [1.29, 1.82) is 0 Å². The fourth-order valence-electron chi connectivity index (χ4n) is 3.94. The molecule has 2 fully saturated rings. The molecule has 1 saturated carbocycles. The first-order valence-corrected chi connectivity index (χ1v) is 9.63. The Balaban J connectivity index is 1.48. The van der Waals surface area contributed by atoms with Crippen molar-refractivity contribution in [3.8, 4) is 0 Å². The lowest BCUT2D eigenvalue weighted by molar-refractivity contribution is -0.137. The minimum atomic E-state index is -4.36. The van der Waals surface area contributed by atoms with E-state index in [1.165, 1.54) is 19.0 Å². The predicted molar refractivity (Wildman–Crippen MR) is 97.6 cm³/mol. The number of rotatable bonds is 4. The highest BCUT2D eigenvalue weighted by Gasteiger charge is 2.31. The second kappa shape index (κ2) is 8.35. The van der Waals surface area contributed by atoms with E-state index in [2.05, 4.69) is 10.3 Å². The number of likely N-dealkylation sites (tertiary alicyclic amines) is 1. The van der Waals surface area contributed by atoms with Crippen LogP contribution < -0.4 is 10.2 Å². The number of hydrogen-bond donors (Lipinski definition) is 1. The van der Waals surface area contributed by atoms with Crippen molar-refractivity contribution in [1.82, 2.24) is 15.2 Å². The second-order valence-corrected chi connectivity index (χ2v) is 7.64. The Hall–Kier alpha value is -1.99. The monoisotopic (exact) mass is 384 g/mol. The number of anilines is 1. The van der Waals surface area contributed by atoms with Crippen molar-refractivity contribution in [2.45, 2.75) is 50.7 Å². The van der Waals surface area contributed by atoms with Gasteiger partial charge in [0.15, 0.2) is 0 Å². The third-order valence-electron chi connectivity index (χ3n) is 5.58. The quantitative estimate of drug-likeness (QED) is 0.857. The predicted octanol–water partition coefficient (Wildman–Crippen LogP) is 3.90. The van der Waals surface area contributed by atoms with E-state index in [4.69, 9.17) is 0 Å². The number of alkyl halides is 3. The highest BCUT2D eigenvalue weighted by Crippen LogP contribution is 2.31. The van der Waals surface area contributed by atoms with Crippen LogP contribution in [0.3, 0.4) is 0 Å². The molecule has 3 rings (SSSR count). The molecule has 0 radical (unpaired) electrons. The third-order valence-corrected chi connectivity index (χ3v) is 5.58. The van der Waals surface area contributed by atoms with Gasteiger partial charge in [-0.2, -0.15) is 13.2 Å². The third kappa shape index (κ3) is 5.26. The van der Waals surface area contributed by atoms with E-state index >= 15 is 0 Å². The van der Waals surface area contributed by atoms with Gasteiger partial charge in [-0.05, 0) is 43.7 Å². The maximum atomic E-state index is 12.9. The van der Waals surface area contributed by atoms with Crippen LogP contribution in [0.15, 0.2) is 18.3 Å². The van der Waals surface area contributed by atoms with E-state index in [0.717, 1.165) is 37.8 Å². The first-order chi connectivity index (χ1) is 12.8. The zero-order valence-corrected chi connectivity index (χ0v) is 15.6. The first-order valence-electron chi connectivity index (χ1n) is 9.63. The molecule has 0 bridgehead atoms. The molecule has 1 aromatic heterocycles. The highest BCUT2D eigenvalue weighted by molar-refractivity contribution is 5.74. The topological polar surface area (TPSA) is 48.5 Å². The van der Waals surface area contributed by atoms with Crippen LogP contribution in [0, 0.1) is 5.92 Å². The fraction of sp³-hybridized carbons (Fsp3) is 0.684. The summed E-state index contributed by atoms with van der Waals surface area (Å²) in [5, 5.41) is 3.11. The minimum absolute atomic E-state index is 0.0215. The molecule has 0 aromatic carbocycles. The molecular formula is C19H27F3N4O. The lowest BCUT2D eigenvalue weighted by Gasteiger charge is -2.34. The molecule has 2 heterocycles. The van der Waals surface area contributed by atoms with E-state index < -0.39 is 11.7 Å². The van der Waals surface area contributed by atoms with Crippen molar-refractivity contribution >= 4 is 11.8 Å². The van der Waals surface area contributed by atoms with Crippen molar-refractivity contribution in [3.05, 3.63) is 23.9 Å². The van der Waals surface area contributed by atoms with E-state index in [1.807, 2.05) is 4.90 Å². The Bertz CT molecular complexity index is 638. The zero-order chi connectivity index (χ0) is 19.4. The standard InChI is InChI=1S/C19H27F3N4O/c1-25(17-12-15(6-9-23-17)19(20,21)22)13-14-7-10-26(11-8-14)18(27)24-16-4-2-3-5-16/h6,9,12,14,16H,2-5,7-8,10-11,13H2,1H3,(H,24,27). The Morgan fingerprint density at radius 2 is 1.93 bits per heavy atom. The summed E-state index contributed by atoms with van der Waals surface area (Å²) in [7, 11) is 1.77. The van der Waals surface area contributed by atoms with Gasteiger partial charge in [-0.25, -0.2) is 9.78 Å². The summed E-state index contributed by atoms with van der Waals surface area (Å²) < 4.78 is 38.6. The van der Waals surface area contributed by atoms with Crippen molar-refractivity contribution in [2.75, 3.05) is 31.6 Å². The van der Waals surface area contributed by atoms with Crippen molar-refractivity contribution in [2.24, 2.45) is 5.92 Å². The molecule has 1 aromatic rings. The lowest BCUT2D eigenvalue weighted by atomic mass is 9.96. The summed E-state index contributed by atoms with van der Waals surface area (Å²) in [5.74, 6) is 0.660. The summed E-state index contributed by atoms with van der Waals surface area (Å²) in [4.78, 5) is 20.0. The number of carbonyl (C=O) groups is 1. The number of amides is 2. The minimum Gasteiger partial charge on any atom is -0.359 e. The van der Waals surface area contributed by atoms with Gasteiger partial charge < -0.3 is 15.1 Å². The largest absolute Gasteiger partial charge is 0.416 e. The summed E-state index contributed by atoms with van der Waals surface area (Å²) in [6, 6.07) is 2.41. The molecule has 1 aliphatic heterocycles. The summed E-state index contributed by atoms with van der Waals surface area (Å²) in [5.41, 5.74) is -0.683. The van der Waals surface area contributed by atoms with E-state index in [0.29, 0.717) is 37.4 Å². The first kappa shape index (κ1) is 19.8. The Labute approximate surface area is 157 Å². The molecular weight excluding hydrogens is 357 g/mol. The number of nitrogens with zero attached hydrogens (tertiary/aromatic N) is 3. The van der Waals surface area contributed by atoms with Crippen LogP contribution in [0.1, 0.15) is 44.1 Å². The molecule has 1 saturated heterocycles. The van der Waals surface area contributed by atoms with Crippen LogP contribution in [0.5, 0.6) is 0 Å². The maximum absolute atomic E-state index is 12.9. The van der Waals surface area contributed by atoms with E-state index in [9.17, 15) is 18.0 Å². The molecule has 0 unspecified atom stereocenters. The number of piperidine rings is 1. The number of nitrogens with one attached hydrogen (secondary N) is 1. The number of hydrogen-bond acceptors (Lipinski definition) is 3. The van der Waals surface area contributed by atoms with Gasteiger partial charge in [0.2, 0.25) is 0 Å². The zero-order valence-electron chi connectivity index (χ0n) is 15.6. The van der Waals surface area contributed by atoms with Gasteiger partial charge in [0.25, 0.3) is 0 Å². The molecule has 1 N–H and O–H groups in total. The molecule has 2 amide bonds. The van der Waals surface area contributed by atoms with Crippen LogP contribution in [0.2, 0.25) is 0 Å². The van der Waals surface area contributed by atoms with Gasteiger partial charge in [-0.1, -0.05) is 12.8 Å². The average Bonchev–Trinajstić information content (AvgIpc) is 3.14. The molecule has 5 nitrogen and oxygen atoms in total. The summed E-state index contributed by atoms with van der Waals surface area (Å²) >= 11 is 0. The molecule has 0 spiro atoms. The Kier molecular flexibility index (Phi) is 6.11. The van der Waals surface area contributed by atoms with Crippen LogP contribution in [0.25, 0.3) is 0 Å². The summed E-state index contributed by atoms with van der Waals surface area (Å²) in [6.45, 7) is 2.01. The smallest absolute Gasteiger partial charge is 0.359 e. The molecule has 2 aliphatic rings. The number of halogens is 3. The molecule has 1 aliphatic carbocycles. The second-order valence-electron chi connectivity index (χ2n) is 7.64. The van der Waals surface area contributed by atoms with Gasteiger partial charge in [0, 0.05) is 38.9 Å². The normalized spacial score (nSPS) is 19.3. The van der Waals surface area contributed by atoms with Gasteiger partial charge in [-0.15, -0.1) is 0 Å². The van der Waals surface area contributed by atoms with Crippen LogP contribution in [-0.4, -0.2) is 48.6 Å². The van der Waals surface area contributed by atoms with Gasteiger partial charge >= 0.3 is 12.2 Å². The van der Waals surface area contributed by atoms with Gasteiger partial charge in [-0.3, -0.25) is 0 Å². The molecule has 27 heavy (non-hydrogen) atoms. The highest BCUT2D eigenvalue weighted by atomic mass is 19.4. The molecule has 0 atom stereocenters. The van der Waals surface area contributed by atoms with Crippen LogP contribution >= 0.6 is 0 Å². The number of carbonyl (C=O) groups excluding carboxylic acids is 1. The van der Waals surface area contributed by atoms with Gasteiger partial charge in [0.05, 0.1) is 5.56 Å². The Morgan fingerprint density at radius 1 is 1.26 bits per heavy atom. The summed E-state index contributed by atoms with van der Waals surface area (Å²) in [6.07, 6.45) is 3.03. The van der Waals surface area contributed by atoms with Gasteiger partial charge in [0.1, 0.15) is 5.82 Å². The number of pyridine rings is 1. The Morgan fingerprint density at radius 3 is 2.56 bits per heavy atom. The number of aromatic nitrogens is 1. The van der Waals surface area contributed by atoms with Crippen LogP contribution in [-0.2, 0) is 6.18 Å².